The van der Waals surface area contributed by atoms with Crippen LogP contribution in [0.3, 0.4) is 0 Å². The first-order valence-electron chi connectivity index (χ1n) is 6.25. The molecule has 2 atom stereocenters. The zero-order chi connectivity index (χ0) is 15.0. The number of halogens is 1. The molecule has 2 N–H and O–H groups in total. The van der Waals surface area contributed by atoms with Crippen LogP contribution in [0.25, 0.3) is 0 Å². The lowest BCUT2D eigenvalue weighted by Gasteiger charge is -2.13. The van der Waals surface area contributed by atoms with Gasteiger partial charge in [-0.25, -0.2) is 8.42 Å². The number of hydrogen-bond acceptors (Lipinski definition) is 5. The minimum Gasteiger partial charge on any atom is -0.465 e. The molecule has 1 saturated carbocycles. The van der Waals surface area contributed by atoms with Crippen LogP contribution in [0.4, 0.5) is 0 Å². The molecule has 1 aromatic rings. The van der Waals surface area contributed by atoms with Crippen molar-refractivity contribution < 1.29 is 17.9 Å². The van der Waals surface area contributed by atoms with E-state index in [4.69, 9.17) is 22.1 Å². The van der Waals surface area contributed by atoms with Crippen molar-refractivity contribution in [3.05, 3.63) is 29.3 Å². The van der Waals surface area contributed by atoms with Crippen molar-refractivity contribution in [3.63, 3.8) is 0 Å². The van der Waals surface area contributed by atoms with E-state index >= 15 is 0 Å². The maximum Gasteiger partial charge on any atom is 0.314 e. The average Bonchev–Trinajstić information content (AvgIpc) is 3.16. The molecule has 0 aromatic heterocycles. The van der Waals surface area contributed by atoms with E-state index < -0.39 is 26.5 Å². The van der Waals surface area contributed by atoms with Crippen molar-refractivity contribution in [2.24, 2.45) is 11.1 Å². The number of benzene rings is 1. The van der Waals surface area contributed by atoms with Gasteiger partial charge in [-0.1, -0.05) is 11.6 Å². The van der Waals surface area contributed by atoms with Crippen molar-refractivity contribution >= 4 is 27.4 Å². The van der Waals surface area contributed by atoms with E-state index in [9.17, 15) is 13.2 Å². The van der Waals surface area contributed by atoms with Crippen LogP contribution >= 0.6 is 11.6 Å². The maximum atomic E-state index is 12.5. The van der Waals surface area contributed by atoms with Gasteiger partial charge in [-0.15, -0.1) is 0 Å². The summed E-state index contributed by atoms with van der Waals surface area (Å²) in [7, 11) is -3.61. The van der Waals surface area contributed by atoms with Crippen molar-refractivity contribution in [2.45, 2.75) is 23.5 Å². The van der Waals surface area contributed by atoms with Gasteiger partial charge in [0.2, 0.25) is 0 Å². The van der Waals surface area contributed by atoms with E-state index in [-0.39, 0.29) is 24.5 Å². The van der Waals surface area contributed by atoms with Gasteiger partial charge < -0.3 is 10.5 Å². The van der Waals surface area contributed by atoms with Crippen molar-refractivity contribution in [3.8, 4) is 0 Å². The van der Waals surface area contributed by atoms with E-state index in [0.29, 0.717) is 5.02 Å². The van der Waals surface area contributed by atoms with Crippen LogP contribution in [0.5, 0.6) is 0 Å². The van der Waals surface area contributed by atoms with Crippen LogP contribution in [0.1, 0.15) is 13.3 Å². The van der Waals surface area contributed by atoms with Gasteiger partial charge in [0.1, 0.15) is 0 Å². The Labute approximate surface area is 123 Å². The molecule has 5 nitrogen and oxygen atoms in total. The quantitative estimate of drug-likeness (QED) is 0.829. The largest absolute Gasteiger partial charge is 0.465 e. The molecule has 1 aliphatic carbocycles. The van der Waals surface area contributed by atoms with Gasteiger partial charge in [0.15, 0.2) is 9.84 Å². The number of rotatable bonds is 5. The number of esters is 1. The Kier molecular flexibility index (Phi) is 4.09. The van der Waals surface area contributed by atoms with Gasteiger partial charge in [-0.2, -0.15) is 0 Å². The van der Waals surface area contributed by atoms with Crippen LogP contribution in [0.2, 0.25) is 5.02 Å². The Balaban J connectivity index is 2.29. The Morgan fingerprint density at radius 3 is 2.55 bits per heavy atom. The highest BCUT2D eigenvalue weighted by Gasteiger charge is 2.66. The summed E-state index contributed by atoms with van der Waals surface area (Å²) in [5.74, 6) is -0.537. The van der Waals surface area contributed by atoms with Crippen molar-refractivity contribution in [1.29, 1.82) is 0 Å². The van der Waals surface area contributed by atoms with Gasteiger partial charge in [-0.05, 0) is 37.6 Å². The molecular weight excluding hydrogens is 302 g/mol. The standard InChI is InChI=1S/C13H16ClNO4S/c1-2-19-12(16)13(8-15)7-11(13)20(17,18)10-5-3-9(14)4-6-10/h3-6,11H,2,7-8,15H2,1H3/t11-,13+/m0/s1. The first-order valence-corrected chi connectivity index (χ1v) is 8.17. The fraction of sp³-hybridized carbons (Fsp3) is 0.462. The third-order valence-corrected chi connectivity index (χ3v) is 6.12. The van der Waals surface area contributed by atoms with Gasteiger partial charge in [0, 0.05) is 11.6 Å². The number of sulfone groups is 1. The second-order valence-corrected chi connectivity index (χ2v) is 7.34. The van der Waals surface area contributed by atoms with E-state index in [1.165, 1.54) is 24.3 Å². The highest BCUT2D eigenvalue weighted by Crippen LogP contribution is 2.52. The number of carbonyl (C=O) groups is 1. The molecule has 1 aromatic carbocycles. The molecule has 0 heterocycles. The fourth-order valence-electron chi connectivity index (χ4n) is 2.25. The van der Waals surface area contributed by atoms with Crippen molar-refractivity contribution in [2.75, 3.05) is 13.2 Å². The topological polar surface area (TPSA) is 86.5 Å². The molecule has 0 bridgehead atoms. The molecule has 0 spiro atoms. The molecule has 0 saturated heterocycles. The number of carbonyl (C=O) groups excluding carboxylic acids is 1. The summed E-state index contributed by atoms with van der Waals surface area (Å²) in [6.07, 6.45) is 0.202. The third kappa shape index (κ3) is 2.43. The molecule has 0 amide bonds. The van der Waals surface area contributed by atoms with Crippen LogP contribution in [-0.2, 0) is 19.4 Å². The summed E-state index contributed by atoms with van der Waals surface area (Å²) in [6.45, 7) is 1.84. The molecule has 0 radical (unpaired) electrons. The van der Waals surface area contributed by atoms with Crippen molar-refractivity contribution in [1.82, 2.24) is 0 Å². The molecule has 1 fully saturated rings. The average molecular weight is 318 g/mol. The lowest BCUT2D eigenvalue weighted by molar-refractivity contribution is -0.149. The lowest BCUT2D eigenvalue weighted by atomic mass is 10.1. The Morgan fingerprint density at radius 1 is 1.45 bits per heavy atom. The molecule has 1 aliphatic rings. The first-order chi connectivity index (χ1) is 9.38. The predicted octanol–water partition coefficient (Wildman–Crippen LogP) is 1.39. The van der Waals surface area contributed by atoms with Crippen LogP contribution in [-0.4, -0.2) is 32.8 Å². The predicted molar refractivity (Wildman–Crippen MR) is 75.2 cm³/mol. The molecule has 0 aliphatic heterocycles. The normalized spacial score (nSPS) is 25.2. The number of nitrogens with two attached hydrogens (primary N) is 1. The Bertz CT molecular complexity index is 614. The minimum atomic E-state index is -3.61. The summed E-state index contributed by atoms with van der Waals surface area (Å²) >= 11 is 5.74. The van der Waals surface area contributed by atoms with Crippen LogP contribution < -0.4 is 5.73 Å². The SMILES string of the molecule is CCOC(=O)[C@@]1(CN)C[C@@H]1S(=O)(=O)c1ccc(Cl)cc1. The Morgan fingerprint density at radius 2 is 2.05 bits per heavy atom. The minimum absolute atomic E-state index is 0.0384. The Hall–Kier alpha value is -1.11. The highest BCUT2D eigenvalue weighted by molar-refractivity contribution is 7.92. The van der Waals surface area contributed by atoms with E-state index in [2.05, 4.69) is 0 Å². The lowest BCUT2D eigenvalue weighted by Crippen LogP contribution is -2.33. The summed E-state index contributed by atoms with van der Waals surface area (Å²) in [6, 6.07) is 5.88. The van der Waals surface area contributed by atoms with Gasteiger partial charge >= 0.3 is 5.97 Å². The summed E-state index contributed by atoms with van der Waals surface area (Å²) < 4.78 is 29.9. The number of hydrogen-bond donors (Lipinski definition) is 1. The van der Waals surface area contributed by atoms with Gasteiger partial charge in [0.25, 0.3) is 0 Å². The summed E-state index contributed by atoms with van der Waals surface area (Å²) in [4.78, 5) is 12.1. The first kappa shape index (κ1) is 15.3. The molecule has 0 unspecified atom stereocenters. The monoisotopic (exact) mass is 317 g/mol. The summed E-state index contributed by atoms with van der Waals surface area (Å²) in [5, 5.41) is -0.365. The molecule has 20 heavy (non-hydrogen) atoms. The van der Waals surface area contributed by atoms with Crippen LogP contribution in [0.15, 0.2) is 29.2 Å². The fourth-order valence-corrected chi connectivity index (χ4v) is 4.53. The number of ether oxygens (including phenoxy) is 1. The van der Waals surface area contributed by atoms with E-state index in [1.54, 1.807) is 6.92 Å². The molecule has 110 valence electrons. The maximum absolute atomic E-state index is 12.5. The zero-order valence-electron chi connectivity index (χ0n) is 11.0. The van der Waals surface area contributed by atoms with E-state index in [1.807, 2.05) is 0 Å². The third-order valence-electron chi connectivity index (χ3n) is 3.57. The van der Waals surface area contributed by atoms with Crippen LogP contribution in [0, 0.1) is 5.41 Å². The second-order valence-electron chi connectivity index (χ2n) is 4.77. The summed E-state index contributed by atoms with van der Waals surface area (Å²) in [5.41, 5.74) is 4.50. The van der Waals surface area contributed by atoms with E-state index in [0.717, 1.165) is 0 Å². The smallest absolute Gasteiger partial charge is 0.314 e. The highest BCUT2D eigenvalue weighted by atomic mass is 35.5. The second kappa shape index (κ2) is 5.35. The molecule has 7 heteroatoms. The van der Waals surface area contributed by atoms with Gasteiger partial charge in [-0.3, -0.25) is 4.79 Å². The molecular formula is C13H16ClNO4S. The molecule has 2 rings (SSSR count). The zero-order valence-corrected chi connectivity index (χ0v) is 12.6. The van der Waals surface area contributed by atoms with Gasteiger partial charge in [0.05, 0.1) is 22.2 Å².